The third-order valence-corrected chi connectivity index (χ3v) is 5.42. The summed E-state index contributed by atoms with van der Waals surface area (Å²) in [5.41, 5.74) is 0.507. The third kappa shape index (κ3) is 4.73. The lowest BCUT2D eigenvalue weighted by Gasteiger charge is -2.32. The number of hydrogen-bond donors (Lipinski definition) is 1. The highest BCUT2D eigenvalue weighted by Crippen LogP contribution is 2.45. The van der Waals surface area contributed by atoms with Crippen LogP contribution in [0.5, 0.6) is 0 Å². The second-order valence-corrected chi connectivity index (χ2v) is 7.47. The Kier molecular flexibility index (Phi) is 6.80. The van der Waals surface area contributed by atoms with Crippen LogP contribution in [0.3, 0.4) is 0 Å². The van der Waals surface area contributed by atoms with Crippen molar-refractivity contribution in [2.75, 3.05) is 39.3 Å². The number of likely N-dealkylation sites (tertiary alicyclic amines) is 2. The Bertz CT molecular complexity index is 375. The van der Waals surface area contributed by atoms with E-state index >= 15 is 0 Å². The van der Waals surface area contributed by atoms with E-state index in [2.05, 4.69) is 29.0 Å². The Hall–Kier alpha value is -0.0400. The monoisotopic (exact) mass is 420 g/mol. The first kappa shape index (κ1) is 18.3. The molecular weight excluding hydrogens is 387 g/mol. The Morgan fingerprint density at radius 2 is 1.91 bits per heavy atom. The number of piperidine rings is 1. The Morgan fingerprint density at radius 3 is 2.55 bits per heavy atom. The second-order valence-electron chi connectivity index (χ2n) is 7.47. The van der Waals surface area contributed by atoms with Crippen molar-refractivity contribution in [3.63, 3.8) is 0 Å². The second kappa shape index (κ2) is 8.18. The van der Waals surface area contributed by atoms with E-state index in [1.807, 2.05) is 0 Å². The van der Waals surface area contributed by atoms with Gasteiger partial charge in [0.05, 0.1) is 0 Å². The van der Waals surface area contributed by atoms with Gasteiger partial charge in [0.25, 0.3) is 0 Å². The van der Waals surface area contributed by atoms with Gasteiger partial charge in [-0.1, -0.05) is 13.3 Å². The molecule has 1 N–H and O–H groups in total. The predicted octanol–water partition coefficient (Wildman–Crippen LogP) is 2.93. The minimum atomic E-state index is 0. The highest BCUT2D eigenvalue weighted by molar-refractivity contribution is 14.0. The Labute approximate surface area is 153 Å². The fourth-order valence-electron chi connectivity index (χ4n) is 3.58. The molecule has 0 amide bonds. The summed E-state index contributed by atoms with van der Waals surface area (Å²) < 4.78 is 0. The molecular formula is C17H33IN4. The molecule has 2 heterocycles. The predicted molar refractivity (Wildman–Crippen MR) is 104 cm³/mol. The third-order valence-electron chi connectivity index (χ3n) is 5.42. The first-order valence-electron chi connectivity index (χ1n) is 8.97. The summed E-state index contributed by atoms with van der Waals surface area (Å²) in [6, 6.07) is 0.755. The largest absolute Gasteiger partial charge is 0.357 e. The van der Waals surface area contributed by atoms with Crippen LogP contribution in [0.4, 0.5) is 0 Å². The number of aliphatic imine (C=N–C) groups is 1. The zero-order valence-corrected chi connectivity index (χ0v) is 16.6. The maximum atomic E-state index is 4.92. The molecule has 0 radical (unpaired) electrons. The maximum Gasteiger partial charge on any atom is 0.193 e. The van der Waals surface area contributed by atoms with Gasteiger partial charge in [-0.15, -0.1) is 24.0 Å². The van der Waals surface area contributed by atoms with E-state index in [0.29, 0.717) is 5.41 Å². The molecule has 5 heteroatoms. The highest BCUT2D eigenvalue weighted by Gasteiger charge is 2.37. The van der Waals surface area contributed by atoms with E-state index in [-0.39, 0.29) is 24.0 Å². The van der Waals surface area contributed by atoms with Gasteiger partial charge in [0.1, 0.15) is 0 Å². The van der Waals surface area contributed by atoms with Crippen molar-refractivity contribution < 1.29 is 0 Å². The van der Waals surface area contributed by atoms with Gasteiger partial charge in [0.15, 0.2) is 5.96 Å². The molecule has 0 bridgehead atoms. The van der Waals surface area contributed by atoms with E-state index < -0.39 is 0 Å². The van der Waals surface area contributed by atoms with Gasteiger partial charge >= 0.3 is 0 Å². The number of rotatable bonds is 4. The molecule has 0 aromatic rings. The quantitative estimate of drug-likeness (QED) is 0.431. The molecule has 2 saturated heterocycles. The summed E-state index contributed by atoms with van der Waals surface area (Å²) in [5.74, 6) is 1.16. The van der Waals surface area contributed by atoms with Crippen molar-refractivity contribution >= 4 is 29.9 Å². The van der Waals surface area contributed by atoms with Crippen LogP contribution >= 0.6 is 24.0 Å². The Balaban J connectivity index is 0.00000176. The number of halogens is 1. The molecule has 1 saturated carbocycles. The van der Waals surface area contributed by atoms with Crippen molar-refractivity contribution in [1.29, 1.82) is 0 Å². The number of hydrogen-bond acceptors (Lipinski definition) is 2. The van der Waals surface area contributed by atoms with Crippen LogP contribution in [0.1, 0.15) is 52.4 Å². The molecule has 0 aromatic carbocycles. The van der Waals surface area contributed by atoms with Crippen LogP contribution in [-0.2, 0) is 0 Å². The van der Waals surface area contributed by atoms with E-state index in [0.717, 1.165) is 25.1 Å². The number of guanidine groups is 1. The summed E-state index contributed by atoms with van der Waals surface area (Å²) in [7, 11) is 0. The fraction of sp³-hybridized carbons (Fsp3) is 0.941. The molecule has 4 nitrogen and oxygen atoms in total. The molecule has 128 valence electrons. The summed E-state index contributed by atoms with van der Waals surface area (Å²) in [6.45, 7) is 11.5. The molecule has 1 unspecified atom stereocenters. The minimum Gasteiger partial charge on any atom is -0.357 e. The zero-order valence-electron chi connectivity index (χ0n) is 14.3. The summed E-state index contributed by atoms with van der Waals surface area (Å²) >= 11 is 0. The average Bonchev–Trinajstić information content (AvgIpc) is 3.05. The lowest BCUT2D eigenvalue weighted by atomic mass is 10.1. The van der Waals surface area contributed by atoms with Crippen molar-refractivity contribution in [3.8, 4) is 0 Å². The number of nitrogens with one attached hydrogen (secondary N) is 1. The molecule has 22 heavy (non-hydrogen) atoms. The topological polar surface area (TPSA) is 30.9 Å². The normalized spacial score (nSPS) is 28.4. The van der Waals surface area contributed by atoms with Gasteiger partial charge < -0.3 is 10.2 Å². The maximum absolute atomic E-state index is 4.92. The van der Waals surface area contributed by atoms with Crippen LogP contribution in [0.25, 0.3) is 0 Å². The summed E-state index contributed by atoms with van der Waals surface area (Å²) in [4.78, 5) is 10.1. The lowest BCUT2D eigenvalue weighted by Crippen LogP contribution is -2.44. The summed E-state index contributed by atoms with van der Waals surface area (Å²) in [5, 5.41) is 3.51. The van der Waals surface area contributed by atoms with Crippen LogP contribution in [0.2, 0.25) is 0 Å². The van der Waals surface area contributed by atoms with Gasteiger partial charge in [-0.3, -0.25) is 9.89 Å². The van der Waals surface area contributed by atoms with E-state index in [4.69, 9.17) is 4.99 Å². The van der Waals surface area contributed by atoms with Gasteiger partial charge in [0.2, 0.25) is 0 Å². The zero-order chi connectivity index (χ0) is 14.7. The molecule has 2 aliphatic heterocycles. The summed E-state index contributed by atoms with van der Waals surface area (Å²) in [6.07, 6.45) is 8.22. The van der Waals surface area contributed by atoms with Crippen molar-refractivity contribution in [1.82, 2.24) is 15.1 Å². The Morgan fingerprint density at radius 1 is 1.18 bits per heavy atom. The van der Waals surface area contributed by atoms with E-state index in [1.54, 1.807) is 0 Å². The van der Waals surface area contributed by atoms with Gasteiger partial charge in [-0.05, 0) is 57.5 Å². The minimum absolute atomic E-state index is 0. The van der Waals surface area contributed by atoms with Gasteiger partial charge in [-0.25, -0.2) is 0 Å². The van der Waals surface area contributed by atoms with Crippen LogP contribution in [0, 0.1) is 5.41 Å². The van der Waals surface area contributed by atoms with Gasteiger partial charge in [-0.2, -0.15) is 0 Å². The molecule has 0 spiro atoms. The van der Waals surface area contributed by atoms with Crippen molar-refractivity contribution in [2.45, 2.75) is 58.4 Å². The molecule has 3 aliphatic rings. The number of nitrogens with zero attached hydrogens (tertiary/aromatic N) is 3. The highest BCUT2D eigenvalue weighted by atomic mass is 127. The van der Waals surface area contributed by atoms with E-state index in [9.17, 15) is 0 Å². The average molecular weight is 420 g/mol. The lowest BCUT2D eigenvalue weighted by molar-refractivity contribution is 0.168. The molecule has 0 aromatic heterocycles. The van der Waals surface area contributed by atoms with Crippen LogP contribution < -0.4 is 5.32 Å². The first-order valence-corrected chi connectivity index (χ1v) is 8.97. The standard InChI is InChI=1S/C17H32N4.HI/c1-3-18-16(19-14-17(2)8-9-17)21-12-7-15(13-21)20-10-5-4-6-11-20;/h15H,3-14H2,1-2H3,(H,18,19);1H. The molecule has 3 rings (SSSR count). The van der Waals surface area contributed by atoms with E-state index in [1.165, 1.54) is 64.7 Å². The van der Waals surface area contributed by atoms with Crippen molar-refractivity contribution in [3.05, 3.63) is 0 Å². The fourth-order valence-corrected chi connectivity index (χ4v) is 3.58. The SMILES string of the molecule is CCNC(=NCC1(C)CC1)N1CCC(N2CCCCC2)C1.I. The van der Waals surface area contributed by atoms with Gasteiger partial charge in [0, 0.05) is 32.2 Å². The molecule has 1 atom stereocenters. The first-order chi connectivity index (χ1) is 10.2. The smallest absolute Gasteiger partial charge is 0.193 e. The van der Waals surface area contributed by atoms with Crippen LogP contribution in [0.15, 0.2) is 4.99 Å². The van der Waals surface area contributed by atoms with Crippen LogP contribution in [-0.4, -0.2) is 61.1 Å². The van der Waals surface area contributed by atoms with Crippen molar-refractivity contribution in [2.24, 2.45) is 10.4 Å². The molecule has 1 aliphatic carbocycles. The molecule has 3 fully saturated rings.